The molecule has 0 unspecified atom stereocenters. The monoisotopic (exact) mass is 203 g/mol. The molecule has 86 valence electrons. The predicted octanol–water partition coefficient (Wildman–Crippen LogP) is 2.48. The first-order valence-electron chi connectivity index (χ1n) is 5.58. The van der Waals surface area contributed by atoms with Crippen molar-refractivity contribution in [2.45, 2.75) is 52.9 Å². The summed E-state index contributed by atoms with van der Waals surface area (Å²) in [4.78, 5) is 10.5. The lowest BCUT2D eigenvalue weighted by atomic mass is 10.2. The van der Waals surface area contributed by atoms with Crippen LogP contribution in [0.3, 0.4) is 0 Å². The molecule has 3 heteroatoms. The Hall–Kier alpha value is -0.570. The van der Waals surface area contributed by atoms with Crippen molar-refractivity contribution in [3.63, 3.8) is 0 Å². The van der Waals surface area contributed by atoms with Gasteiger partial charge in [0.15, 0.2) is 0 Å². The van der Waals surface area contributed by atoms with Crippen LogP contribution in [-0.4, -0.2) is 19.1 Å². The number of nitrogens with two attached hydrogens (primary N) is 1. The van der Waals surface area contributed by atoms with Crippen LogP contribution in [0.5, 0.6) is 0 Å². The average molecular weight is 203 g/mol. The van der Waals surface area contributed by atoms with Gasteiger partial charge >= 0.3 is 5.97 Å². The molecule has 0 saturated carbocycles. The maximum Gasteiger partial charge on any atom is 0.319 e. The minimum absolute atomic E-state index is 0.00617. The minimum atomic E-state index is -0.304. The first kappa shape index (κ1) is 15.9. The number of carbonyl (C=O) groups is 1. The van der Waals surface area contributed by atoms with E-state index in [4.69, 9.17) is 10.5 Å². The second kappa shape index (κ2) is 14.9. The fraction of sp³-hybridized carbons (Fsp3) is 0.909. The number of carbonyl (C=O) groups excluding carboxylic acids is 1. The molecule has 0 aromatic heterocycles. The molecule has 0 aliphatic rings. The molecule has 0 saturated heterocycles. The fourth-order valence-electron chi connectivity index (χ4n) is 0.774. The predicted molar refractivity (Wildman–Crippen MR) is 60.1 cm³/mol. The first-order valence-corrected chi connectivity index (χ1v) is 5.58. The van der Waals surface area contributed by atoms with E-state index in [-0.39, 0.29) is 12.5 Å². The van der Waals surface area contributed by atoms with E-state index in [2.05, 4.69) is 20.8 Å². The van der Waals surface area contributed by atoms with E-state index < -0.39 is 0 Å². The summed E-state index contributed by atoms with van der Waals surface area (Å²) in [6.07, 6.45) is 5.75. The van der Waals surface area contributed by atoms with Crippen LogP contribution in [0, 0.1) is 0 Å². The van der Waals surface area contributed by atoms with Gasteiger partial charge in [-0.3, -0.25) is 4.79 Å². The molecule has 0 atom stereocenters. The van der Waals surface area contributed by atoms with Gasteiger partial charge in [-0.15, -0.1) is 0 Å². The highest BCUT2D eigenvalue weighted by Gasteiger charge is 1.96. The van der Waals surface area contributed by atoms with Gasteiger partial charge in [-0.25, -0.2) is 0 Å². The van der Waals surface area contributed by atoms with Crippen molar-refractivity contribution in [2.75, 3.05) is 13.2 Å². The van der Waals surface area contributed by atoms with Crippen molar-refractivity contribution in [2.24, 2.45) is 5.73 Å². The van der Waals surface area contributed by atoms with Crippen molar-refractivity contribution in [1.29, 1.82) is 0 Å². The quantitative estimate of drug-likeness (QED) is 0.533. The van der Waals surface area contributed by atoms with Gasteiger partial charge in [0.1, 0.15) is 0 Å². The van der Waals surface area contributed by atoms with E-state index in [0.717, 1.165) is 12.8 Å². The van der Waals surface area contributed by atoms with Crippen molar-refractivity contribution >= 4 is 5.97 Å². The van der Waals surface area contributed by atoms with Gasteiger partial charge in [0.05, 0.1) is 13.2 Å². The van der Waals surface area contributed by atoms with Crippen molar-refractivity contribution in [3.05, 3.63) is 0 Å². The van der Waals surface area contributed by atoms with Gasteiger partial charge < -0.3 is 10.5 Å². The molecule has 0 aliphatic heterocycles. The number of rotatable bonds is 6. The Bertz CT molecular complexity index is 116. The topological polar surface area (TPSA) is 52.3 Å². The second-order valence-electron chi connectivity index (χ2n) is 3.19. The molecule has 3 nitrogen and oxygen atoms in total. The summed E-state index contributed by atoms with van der Waals surface area (Å²) < 4.78 is 4.77. The van der Waals surface area contributed by atoms with E-state index >= 15 is 0 Å². The van der Waals surface area contributed by atoms with Crippen LogP contribution in [-0.2, 0) is 9.53 Å². The van der Waals surface area contributed by atoms with Crippen LogP contribution in [0.2, 0.25) is 0 Å². The largest absolute Gasteiger partial charge is 0.465 e. The van der Waals surface area contributed by atoms with Gasteiger partial charge in [-0.1, -0.05) is 46.5 Å². The zero-order valence-electron chi connectivity index (χ0n) is 9.84. The number of hydrogen-bond acceptors (Lipinski definition) is 3. The Morgan fingerprint density at radius 3 is 2.14 bits per heavy atom. The van der Waals surface area contributed by atoms with E-state index in [9.17, 15) is 4.79 Å². The number of esters is 1. The lowest BCUT2D eigenvalue weighted by Gasteiger charge is -2.01. The third kappa shape index (κ3) is 17.5. The highest BCUT2D eigenvalue weighted by atomic mass is 16.5. The summed E-state index contributed by atoms with van der Waals surface area (Å²) >= 11 is 0. The van der Waals surface area contributed by atoms with Gasteiger partial charge in [0, 0.05) is 0 Å². The Morgan fingerprint density at radius 2 is 1.71 bits per heavy atom. The SMILES string of the molecule is CCC.CCCCCCOC(=O)CN. The molecular weight excluding hydrogens is 178 g/mol. The molecule has 0 radical (unpaired) electrons. The molecule has 0 spiro atoms. The zero-order chi connectivity index (χ0) is 11.2. The van der Waals surface area contributed by atoms with Gasteiger partial charge in [0.25, 0.3) is 0 Å². The van der Waals surface area contributed by atoms with Crippen LogP contribution >= 0.6 is 0 Å². The summed E-state index contributed by atoms with van der Waals surface area (Å²) in [5, 5.41) is 0. The lowest BCUT2D eigenvalue weighted by Crippen LogP contribution is -2.17. The number of hydrogen-bond donors (Lipinski definition) is 1. The molecule has 0 aliphatic carbocycles. The van der Waals surface area contributed by atoms with Gasteiger partial charge in [-0.2, -0.15) is 0 Å². The van der Waals surface area contributed by atoms with Crippen molar-refractivity contribution in [3.8, 4) is 0 Å². The molecule has 0 fully saturated rings. The molecule has 0 aromatic rings. The molecule has 0 bridgehead atoms. The maximum atomic E-state index is 10.5. The minimum Gasteiger partial charge on any atom is -0.465 e. The average Bonchev–Trinajstić information content (AvgIpc) is 2.18. The molecule has 0 rings (SSSR count). The van der Waals surface area contributed by atoms with Crippen LogP contribution in [0.1, 0.15) is 52.9 Å². The summed E-state index contributed by atoms with van der Waals surface area (Å²) in [5.74, 6) is -0.304. The first-order chi connectivity index (χ1) is 6.72. The molecular formula is C11H25NO2. The van der Waals surface area contributed by atoms with Gasteiger partial charge in [-0.05, 0) is 6.42 Å². The highest BCUT2D eigenvalue weighted by molar-refractivity contribution is 5.71. The molecule has 0 heterocycles. The van der Waals surface area contributed by atoms with Crippen molar-refractivity contribution < 1.29 is 9.53 Å². The van der Waals surface area contributed by atoms with Crippen LogP contribution in [0.15, 0.2) is 0 Å². The smallest absolute Gasteiger partial charge is 0.319 e. The Balaban J connectivity index is 0. The van der Waals surface area contributed by atoms with Crippen molar-refractivity contribution in [1.82, 2.24) is 0 Å². The highest BCUT2D eigenvalue weighted by Crippen LogP contribution is 1.98. The molecule has 0 amide bonds. The van der Waals surface area contributed by atoms with E-state index in [1.54, 1.807) is 0 Å². The van der Waals surface area contributed by atoms with E-state index in [0.29, 0.717) is 6.61 Å². The second-order valence-corrected chi connectivity index (χ2v) is 3.19. The molecule has 14 heavy (non-hydrogen) atoms. The molecule has 2 N–H and O–H groups in total. The maximum absolute atomic E-state index is 10.5. The lowest BCUT2D eigenvalue weighted by molar-refractivity contribution is -0.142. The zero-order valence-corrected chi connectivity index (χ0v) is 9.84. The van der Waals surface area contributed by atoms with E-state index in [1.165, 1.54) is 19.3 Å². The third-order valence-electron chi connectivity index (χ3n) is 1.43. The standard InChI is InChI=1S/C8H17NO2.C3H8/c1-2-3-4-5-6-11-8(10)7-9;1-3-2/h2-7,9H2,1H3;3H2,1-2H3. The third-order valence-corrected chi connectivity index (χ3v) is 1.43. The summed E-state index contributed by atoms with van der Waals surface area (Å²) in [7, 11) is 0. The van der Waals surface area contributed by atoms with Crippen LogP contribution in [0.4, 0.5) is 0 Å². The number of unbranched alkanes of at least 4 members (excludes halogenated alkanes) is 3. The van der Waals surface area contributed by atoms with Crippen LogP contribution in [0.25, 0.3) is 0 Å². The summed E-state index contributed by atoms with van der Waals surface area (Å²) in [5.41, 5.74) is 5.04. The normalized spacial score (nSPS) is 8.86. The summed E-state index contributed by atoms with van der Waals surface area (Å²) in [6, 6.07) is 0. The number of ether oxygens (including phenoxy) is 1. The Labute approximate surface area is 88.0 Å². The van der Waals surface area contributed by atoms with Crippen LogP contribution < -0.4 is 5.73 Å². The van der Waals surface area contributed by atoms with Gasteiger partial charge in [0.2, 0.25) is 0 Å². The Kier molecular flexibility index (Phi) is 16.9. The molecule has 0 aromatic carbocycles. The van der Waals surface area contributed by atoms with E-state index in [1.807, 2.05) is 0 Å². The summed E-state index contributed by atoms with van der Waals surface area (Å²) in [6.45, 7) is 6.91. The Morgan fingerprint density at radius 1 is 1.14 bits per heavy atom. The fourth-order valence-corrected chi connectivity index (χ4v) is 0.774.